The van der Waals surface area contributed by atoms with Crippen molar-refractivity contribution < 1.29 is 14.3 Å². The Morgan fingerprint density at radius 1 is 1.21 bits per heavy atom. The zero-order valence-corrected chi connectivity index (χ0v) is 16.4. The van der Waals surface area contributed by atoms with Crippen LogP contribution >= 0.6 is 0 Å². The minimum Gasteiger partial charge on any atom is -0.493 e. The Kier molecular flexibility index (Phi) is 7.25. The maximum Gasteiger partial charge on any atom is 0.330 e. The maximum absolute atomic E-state index is 12.7. The minimum absolute atomic E-state index is 0.0327. The van der Waals surface area contributed by atoms with E-state index in [1.807, 2.05) is 6.92 Å². The second-order valence-electron chi connectivity index (χ2n) is 6.08. The first kappa shape index (κ1) is 21.1. The Labute approximate surface area is 162 Å². The smallest absolute Gasteiger partial charge is 0.330 e. The van der Waals surface area contributed by atoms with Gasteiger partial charge in [-0.05, 0) is 25.5 Å². The number of H-pyrrole nitrogens is 1. The first-order valence-corrected chi connectivity index (χ1v) is 9.13. The summed E-state index contributed by atoms with van der Waals surface area (Å²) in [6, 6.07) is 6.93. The van der Waals surface area contributed by atoms with E-state index in [1.54, 1.807) is 31.2 Å². The maximum atomic E-state index is 12.7. The number of nitrogens with zero attached hydrogens (tertiary/aromatic N) is 2. The number of aromatic amines is 1. The van der Waals surface area contributed by atoms with E-state index in [2.05, 4.69) is 4.98 Å². The molecular formula is C19H26N4O5. The zero-order valence-electron chi connectivity index (χ0n) is 16.4. The van der Waals surface area contributed by atoms with Crippen molar-refractivity contribution >= 4 is 17.4 Å². The molecule has 3 N–H and O–H groups in total. The number of nitrogen functional groups attached to an aromatic ring is 1. The summed E-state index contributed by atoms with van der Waals surface area (Å²) in [6.45, 7) is 3.91. The van der Waals surface area contributed by atoms with Gasteiger partial charge >= 0.3 is 5.69 Å². The molecular weight excluding hydrogens is 364 g/mol. The number of amides is 1. The van der Waals surface area contributed by atoms with Gasteiger partial charge in [-0.1, -0.05) is 25.5 Å². The molecule has 0 fully saturated rings. The number of ether oxygens (including phenoxy) is 2. The van der Waals surface area contributed by atoms with Gasteiger partial charge in [-0.2, -0.15) is 0 Å². The Morgan fingerprint density at radius 3 is 2.50 bits per heavy atom. The number of nitrogens with two attached hydrogens (primary N) is 1. The number of hydrogen-bond acceptors (Lipinski definition) is 6. The first-order valence-electron chi connectivity index (χ1n) is 9.13. The Balaban J connectivity index is 2.30. The van der Waals surface area contributed by atoms with Gasteiger partial charge in [0.2, 0.25) is 0 Å². The molecule has 0 unspecified atom stereocenters. The van der Waals surface area contributed by atoms with Gasteiger partial charge in [-0.25, -0.2) is 4.79 Å². The average Bonchev–Trinajstić information content (AvgIpc) is 2.69. The third-order valence-electron chi connectivity index (χ3n) is 4.26. The molecule has 1 aromatic heterocycles. The second-order valence-corrected chi connectivity index (χ2v) is 6.08. The number of unbranched alkanes of at least 4 members (excludes halogenated alkanes) is 1. The number of rotatable bonds is 9. The molecule has 0 atom stereocenters. The number of hydrogen-bond donors (Lipinski definition) is 2. The van der Waals surface area contributed by atoms with Gasteiger partial charge in [-0.3, -0.25) is 19.1 Å². The number of likely N-dealkylation sites (N-methyl/N-ethyl adjacent to an activating group) is 1. The van der Waals surface area contributed by atoms with E-state index in [9.17, 15) is 14.4 Å². The number of para-hydroxylation sites is 2. The summed E-state index contributed by atoms with van der Waals surface area (Å²) in [7, 11) is 1.50. The van der Waals surface area contributed by atoms with Crippen molar-refractivity contribution in [1.29, 1.82) is 0 Å². The van der Waals surface area contributed by atoms with Crippen LogP contribution in [0.15, 0.2) is 33.9 Å². The molecule has 9 heteroatoms. The van der Waals surface area contributed by atoms with Crippen molar-refractivity contribution in [3.8, 4) is 11.5 Å². The lowest BCUT2D eigenvalue weighted by molar-refractivity contribution is -0.120. The van der Waals surface area contributed by atoms with E-state index >= 15 is 0 Å². The largest absolute Gasteiger partial charge is 0.493 e. The summed E-state index contributed by atoms with van der Waals surface area (Å²) < 4.78 is 12.0. The molecule has 0 radical (unpaired) electrons. The lowest BCUT2D eigenvalue weighted by Gasteiger charge is -2.23. The topological polar surface area (TPSA) is 120 Å². The number of methoxy groups -OCH3 is 1. The lowest BCUT2D eigenvalue weighted by atomic mass is 10.3. The van der Waals surface area contributed by atoms with Crippen molar-refractivity contribution in [2.75, 3.05) is 30.9 Å². The summed E-state index contributed by atoms with van der Waals surface area (Å²) in [5, 5.41) is 0. The van der Waals surface area contributed by atoms with Gasteiger partial charge in [0, 0.05) is 13.1 Å². The van der Waals surface area contributed by atoms with E-state index in [1.165, 1.54) is 16.6 Å². The summed E-state index contributed by atoms with van der Waals surface area (Å²) >= 11 is 0. The molecule has 152 valence electrons. The van der Waals surface area contributed by atoms with Crippen LogP contribution in [-0.4, -0.2) is 35.7 Å². The number of carbonyl (C=O) groups is 1. The molecule has 0 aliphatic carbocycles. The highest BCUT2D eigenvalue weighted by atomic mass is 16.5. The van der Waals surface area contributed by atoms with Crippen LogP contribution < -0.4 is 31.4 Å². The summed E-state index contributed by atoms with van der Waals surface area (Å²) in [6.07, 6.45) is 1.57. The van der Waals surface area contributed by atoms with Gasteiger partial charge in [0.05, 0.1) is 7.11 Å². The normalized spacial score (nSPS) is 10.5. The highest BCUT2D eigenvalue weighted by molar-refractivity contribution is 5.96. The summed E-state index contributed by atoms with van der Waals surface area (Å²) in [5.74, 6) is 0.397. The predicted molar refractivity (Wildman–Crippen MR) is 107 cm³/mol. The fraction of sp³-hybridized carbons (Fsp3) is 0.421. The molecule has 28 heavy (non-hydrogen) atoms. The standard InChI is InChI=1S/C19H26N4O5/c1-4-6-11-23-17(20)16(18(25)21-19(23)26)22(5-2)15(24)12-28-14-10-8-7-9-13(14)27-3/h7-10H,4-6,11-12,20H2,1-3H3,(H,21,25,26). The number of benzene rings is 1. The van der Waals surface area contributed by atoms with Crippen molar-refractivity contribution in [2.45, 2.75) is 33.2 Å². The molecule has 2 aromatic rings. The van der Waals surface area contributed by atoms with E-state index in [0.29, 0.717) is 24.5 Å². The summed E-state index contributed by atoms with van der Waals surface area (Å²) in [5.41, 5.74) is 4.74. The van der Waals surface area contributed by atoms with Crippen LogP contribution in [0, 0.1) is 0 Å². The predicted octanol–water partition coefficient (Wildman–Crippen LogP) is 1.36. The third-order valence-corrected chi connectivity index (χ3v) is 4.26. The molecule has 0 bridgehead atoms. The number of carbonyl (C=O) groups excluding carboxylic acids is 1. The molecule has 1 aromatic carbocycles. The number of anilines is 2. The fourth-order valence-electron chi connectivity index (χ4n) is 2.79. The Bertz CT molecular complexity index is 935. The highest BCUT2D eigenvalue weighted by Gasteiger charge is 2.23. The van der Waals surface area contributed by atoms with Gasteiger partial charge in [0.15, 0.2) is 23.8 Å². The summed E-state index contributed by atoms with van der Waals surface area (Å²) in [4.78, 5) is 40.6. The van der Waals surface area contributed by atoms with Crippen LogP contribution in [0.5, 0.6) is 11.5 Å². The number of nitrogens with one attached hydrogen (secondary N) is 1. The van der Waals surface area contributed by atoms with Crippen LogP contribution in [0.1, 0.15) is 26.7 Å². The molecule has 1 amide bonds. The molecule has 0 aliphatic rings. The number of aromatic nitrogens is 2. The van der Waals surface area contributed by atoms with Gasteiger partial charge in [-0.15, -0.1) is 0 Å². The lowest BCUT2D eigenvalue weighted by Crippen LogP contribution is -2.42. The van der Waals surface area contributed by atoms with Crippen LogP contribution in [0.25, 0.3) is 0 Å². The third kappa shape index (κ3) is 4.54. The van der Waals surface area contributed by atoms with Crippen molar-refractivity contribution in [2.24, 2.45) is 0 Å². The van der Waals surface area contributed by atoms with Crippen LogP contribution in [0.3, 0.4) is 0 Å². The molecule has 0 saturated heterocycles. The average molecular weight is 390 g/mol. The molecule has 0 saturated carbocycles. The van der Waals surface area contributed by atoms with E-state index < -0.39 is 17.2 Å². The Morgan fingerprint density at radius 2 is 1.89 bits per heavy atom. The van der Waals surface area contributed by atoms with Crippen molar-refractivity contribution in [1.82, 2.24) is 9.55 Å². The van der Waals surface area contributed by atoms with Crippen molar-refractivity contribution in [3.05, 3.63) is 45.1 Å². The van der Waals surface area contributed by atoms with E-state index in [0.717, 1.165) is 6.42 Å². The van der Waals surface area contributed by atoms with E-state index in [-0.39, 0.29) is 24.7 Å². The van der Waals surface area contributed by atoms with Crippen LogP contribution in [0.2, 0.25) is 0 Å². The molecule has 2 rings (SSSR count). The van der Waals surface area contributed by atoms with E-state index in [4.69, 9.17) is 15.2 Å². The quantitative estimate of drug-likeness (QED) is 0.667. The first-order chi connectivity index (χ1) is 13.4. The van der Waals surface area contributed by atoms with Gasteiger partial charge < -0.3 is 20.1 Å². The second kappa shape index (κ2) is 9.63. The molecule has 1 heterocycles. The molecule has 0 spiro atoms. The zero-order chi connectivity index (χ0) is 20.7. The van der Waals surface area contributed by atoms with Gasteiger partial charge in [0.25, 0.3) is 11.5 Å². The monoisotopic (exact) mass is 390 g/mol. The van der Waals surface area contributed by atoms with Gasteiger partial charge in [0.1, 0.15) is 5.82 Å². The van der Waals surface area contributed by atoms with Crippen LogP contribution in [0.4, 0.5) is 11.5 Å². The molecule has 0 aliphatic heterocycles. The molecule has 9 nitrogen and oxygen atoms in total. The highest BCUT2D eigenvalue weighted by Crippen LogP contribution is 2.26. The Hall–Kier alpha value is -3.23. The fourth-order valence-corrected chi connectivity index (χ4v) is 2.79. The van der Waals surface area contributed by atoms with Crippen molar-refractivity contribution in [3.63, 3.8) is 0 Å². The SMILES string of the molecule is CCCCn1c(N)c(N(CC)C(=O)COc2ccccc2OC)c(=O)[nH]c1=O. The minimum atomic E-state index is -0.706. The van der Waals surface area contributed by atoms with Crippen LogP contribution in [-0.2, 0) is 11.3 Å².